The van der Waals surface area contributed by atoms with Crippen LogP contribution in [0.3, 0.4) is 0 Å². The highest BCUT2D eigenvalue weighted by molar-refractivity contribution is 7.10. The van der Waals surface area contributed by atoms with Crippen molar-refractivity contribution in [3.05, 3.63) is 34.7 Å². The zero-order valence-electron chi connectivity index (χ0n) is 7.47. The molecular formula is C9H8N2O2S. The lowest BCUT2D eigenvalue weighted by atomic mass is 10.1. The van der Waals surface area contributed by atoms with Gasteiger partial charge in [-0.3, -0.25) is 0 Å². The second-order valence-electron chi connectivity index (χ2n) is 3.02. The van der Waals surface area contributed by atoms with Crippen molar-refractivity contribution < 1.29 is 9.33 Å². The van der Waals surface area contributed by atoms with E-state index in [0.29, 0.717) is 0 Å². The van der Waals surface area contributed by atoms with Crippen LogP contribution in [0.4, 0.5) is 0 Å². The maximum atomic E-state index is 11.1. The number of fused-ring (bicyclic) bond motifs is 1. The molecule has 1 heterocycles. The van der Waals surface area contributed by atoms with Crippen LogP contribution in [-0.4, -0.2) is 11.4 Å². The SMILES string of the molecule is Cc1cc(/C=N/O)c2s[n+]([O-])cc2c1. The molecule has 0 saturated heterocycles. The van der Waals surface area contributed by atoms with Crippen LogP contribution in [0.25, 0.3) is 10.1 Å². The van der Waals surface area contributed by atoms with Gasteiger partial charge >= 0.3 is 0 Å². The minimum absolute atomic E-state index is 0.766. The van der Waals surface area contributed by atoms with Crippen molar-refractivity contribution in [3.8, 4) is 0 Å². The Hall–Kier alpha value is -1.62. The summed E-state index contributed by atoms with van der Waals surface area (Å²) in [4.78, 5) is 0. The molecule has 4 nitrogen and oxygen atoms in total. The normalized spacial score (nSPS) is 11.5. The van der Waals surface area contributed by atoms with Crippen LogP contribution >= 0.6 is 11.5 Å². The first-order valence-corrected chi connectivity index (χ1v) is 4.79. The molecule has 0 fully saturated rings. The highest BCUT2D eigenvalue weighted by Crippen LogP contribution is 2.22. The van der Waals surface area contributed by atoms with Crippen molar-refractivity contribution in [2.45, 2.75) is 6.92 Å². The van der Waals surface area contributed by atoms with Crippen LogP contribution in [0.1, 0.15) is 11.1 Å². The first-order chi connectivity index (χ1) is 6.70. The van der Waals surface area contributed by atoms with E-state index in [1.165, 1.54) is 12.4 Å². The third kappa shape index (κ3) is 1.42. The molecule has 0 radical (unpaired) electrons. The second-order valence-corrected chi connectivity index (χ2v) is 3.97. The number of oxime groups is 1. The number of nitrogens with zero attached hydrogens (tertiary/aromatic N) is 2. The molecule has 0 aliphatic rings. The van der Waals surface area contributed by atoms with E-state index in [0.717, 1.165) is 36.9 Å². The number of aryl methyl sites for hydroxylation is 1. The standard InChI is InChI=1S/C9H8N2O2S/c1-6-2-7(4-10-12)9-8(3-6)5-11(13)14-9/h2-5,12H,1H3/b10-4+. The molecule has 0 bridgehead atoms. The quantitative estimate of drug-likeness (QED) is 0.255. The number of rotatable bonds is 1. The highest BCUT2D eigenvalue weighted by Gasteiger charge is 2.09. The lowest BCUT2D eigenvalue weighted by Gasteiger charge is -1.94. The monoisotopic (exact) mass is 208 g/mol. The fourth-order valence-electron chi connectivity index (χ4n) is 1.42. The summed E-state index contributed by atoms with van der Waals surface area (Å²) >= 11 is 1.09. The molecule has 2 aromatic rings. The lowest BCUT2D eigenvalue weighted by Crippen LogP contribution is -2.16. The molecule has 0 aliphatic carbocycles. The van der Waals surface area contributed by atoms with E-state index in [-0.39, 0.29) is 0 Å². The maximum absolute atomic E-state index is 11.1. The first-order valence-electron chi connectivity index (χ1n) is 4.02. The summed E-state index contributed by atoms with van der Waals surface area (Å²) in [6.07, 6.45) is 2.85. The Morgan fingerprint density at radius 3 is 3.07 bits per heavy atom. The Kier molecular flexibility index (Phi) is 2.09. The molecule has 1 aromatic heterocycles. The number of aromatic nitrogens is 1. The van der Waals surface area contributed by atoms with Crippen molar-refractivity contribution >= 4 is 27.8 Å². The van der Waals surface area contributed by atoms with Crippen LogP contribution < -0.4 is 4.12 Å². The molecule has 0 spiro atoms. The third-order valence-corrected chi connectivity index (χ3v) is 2.85. The molecule has 14 heavy (non-hydrogen) atoms. The van der Waals surface area contributed by atoms with Gasteiger partial charge < -0.3 is 10.4 Å². The number of benzene rings is 1. The van der Waals surface area contributed by atoms with Gasteiger partial charge in [-0.1, -0.05) is 5.16 Å². The van der Waals surface area contributed by atoms with Gasteiger partial charge in [0.2, 0.25) is 6.20 Å². The van der Waals surface area contributed by atoms with Crippen molar-refractivity contribution in [3.63, 3.8) is 0 Å². The Balaban J connectivity index is 2.78. The van der Waals surface area contributed by atoms with Gasteiger partial charge in [0.15, 0.2) is 11.5 Å². The molecule has 72 valence electrons. The van der Waals surface area contributed by atoms with Crippen LogP contribution in [0.5, 0.6) is 0 Å². The van der Waals surface area contributed by atoms with Crippen LogP contribution in [-0.2, 0) is 0 Å². The zero-order chi connectivity index (χ0) is 10.1. The van der Waals surface area contributed by atoms with Gasteiger partial charge in [0.1, 0.15) is 4.70 Å². The van der Waals surface area contributed by atoms with Crippen LogP contribution in [0.15, 0.2) is 23.5 Å². The highest BCUT2D eigenvalue weighted by atomic mass is 32.1. The van der Waals surface area contributed by atoms with Gasteiger partial charge in [0.05, 0.1) is 11.6 Å². The largest absolute Gasteiger partial charge is 0.606 e. The van der Waals surface area contributed by atoms with Gasteiger partial charge in [-0.2, -0.15) is 0 Å². The minimum atomic E-state index is 0.766. The lowest BCUT2D eigenvalue weighted by molar-refractivity contribution is -0.528. The van der Waals surface area contributed by atoms with E-state index in [2.05, 4.69) is 5.16 Å². The van der Waals surface area contributed by atoms with Gasteiger partial charge in [0.25, 0.3) is 0 Å². The zero-order valence-corrected chi connectivity index (χ0v) is 8.28. The van der Waals surface area contributed by atoms with Gasteiger partial charge in [0, 0.05) is 5.56 Å². The Morgan fingerprint density at radius 2 is 2.36 bits per heavy atom. The summed E-state index contributed by atoms with van der Waals surface area (Å²) in [5.41, 5.74) is 1.80. The third-order valence-electron chi connectivity index (χ3n) is 1.91. The first kappa shape index (κ1) is 8.96. The second kappa shape index (κ2) is 3.26. The average molecular weight is 208 g/mol. The van der Waals surface area contributed by atoms with Gasteiger partial charge in [-0.05, 0) is 24.6 Å². The number of hydrogen-bond donors (Lipinski definition) is 1. The molecule has 5 heteroatoms. The summed E-state index contributed by atoms with van der Waals surface area (Å²) < 4.78 is 1.63. The molecule has 2 rings (SSSR count). The van der Waals surface area contributed by atoms with Crippen LogP contribution in [0.2, 0.25) is 0 Å². The van der Waals surface area contributed by atoms with E-state index < -0.39 is 0 Å². The summed E-state index contributed by atoms with van der Waals surface area (Å²) in [7, 11) is 0. The van der Waals surface area contributed by atoms with E-state index in [1.54, 1.807) is 0 Å². The minimum Gasteiger partial charge on any atom is -0.606 e. The van der Waals surface area contributed by atoms with Gasteiger partial charge in [-0.15, -0.1) is 4.12 Å². The average Bonchev–Trinajstić information content (AvgIpc) is 2.45. The summed E-state index contributed by atoms with van der Waals surface area (Å²) in [6.45, 7) is 1.93. The summed E-state index contributed by atoms with van der Waals surface area (Å²) in [5, 5.41) is 23.4. The van der Waals surface area contributed by atoms with E-state index >= 15 is 0 Å². The van der Waals surface area contributed by atoms with E-state index in [4.69, 9.17) is 5.21 Å². The van der Waals surface area contributed by atoms with E-state index in [9.17, 15) is 5.21 Å². The molecule has 0 saturated carbocycles. The predicted molar refractivity (Wildman–Crippen MR) is 54.9 cm³/mol. The van der Waals surface area contributed by atoms with Crippen molar-refractivity contribution in [2.75, 3.05) is 0 Å². The Morgan fingerprint density at radius 1 is 1.57 bits per heavy atom. The number of hydrogen-bond acceptors (Lipinski definition) is 4. The molecule has 0 unspecified atom stereocenters. The fraction of sp³-hybridized carbons (Fsp3) is 0.111. The predicted octanol–water partition coefficient (Wildman–Crippen LogP) is 1.65. The van der Waals surface area contributed by atoms with Crippen LogP contribution in [0, 0.1) is 12.1 Å². The van der Waals surface area contributed by atoms with E-state index in [1.807, 2.05) is 19.1 Å². The summed E-state index contributed by atoms with van der Waals surface area (Å²) in [6, 6.07) is 3.80. The Bertz CT molecular complexity index is 505. The molecule has 0 amide bonds. The summed E-state index contributed by atoms with van der Waals surface area (Å²) in [5.74, 6) is 0. The molecule has 0 atom stereocenters. The van der Waals surface area contributed by atoms with Crippen molar-refractivity contribution in [1.29, 1.82) is 0 Å². The topological polar surface area (TPSA) is 59.5 Å². The molecular weight excluding hydrogens is 200 g/mol. The van der Waals surface area contributed by atoms with Crippen molar-refractivity contribution in [1.82, 2.24) is 0 Å². The Labute approximate surface area is 84.4 Å². The van der Waals surface area contributed by atoms with Gasteiger partial charge in [-0.25, -0.2) is 0 Å². The van der Waals surface area contributed by atoms with Crippen molar-refractivity contribution in [2.24, 2.45) is 5.16 Å². The molecule has 1 N–H and O–H groups in total. The fourth-order valence-corrected chi connectivity index (χ4v) is 2.20. The molecule has 1 aromatic carbocycles. The smallest absolute Gasteiger partial charge is 0.204 e. The molecule has 0 aliphatic heterocycles. The maximum Gasteiger partial charge on any atom is 0.204 e.